The molecule has 0 heterocycles. The fourth-order valence-electron chi connectivity index (χ4n) is 1.69. The molecule has 0 aliphatic carbocycles. The third kappa shape index (κ3) is 9.46. The lowest BCUT2D eigenvalue weighted by molar-refractivity contribution is -0.139. The second-order valence-electron chi connectivity index (χ2n) is 5.50. The van der Waals surface area contributed by atoms with Crippen LogP contribution in [0.3, 0.4) is 0 Å². The fraction of sp³-hybridized carbons (Fsp3) is 0.200. The molecule has 27 heavy (non-hydrogen) atoms. The van der Waals surface area contributed by atoms with Gasteiger partial charge in [-0.3, -0.25) is 0 Å². The summed E-state index contributed by atoms with van der Waals surface area (Å²) in [5.74, 6) is -0.805. The highest BCUT2D eigenvalue weighted by Crippen LogP contribution is 2.12. The van der Waals surface area contributed by atoms with Crippen LogP contribution in [0.5, 0.6) is 5.75 Å². The molecule has 0 amide bonds. The molecule has 0 saturated carbocycles. The summed E-state index contributed by atoms with van der Waals surface area (Å²) in [7, 11) is 0. The first kappa shape index (κ1) is 22.2. The van der Waals surface area contributed by atoms with Gasteiger partial charge in [0.05, 0.1) is 18.8 Å². The van der Waals surface area contributed by atoms with Gasteiger partial charge in [-0.2, -0.15) is 0 Å². The number of carbonyl (C=O) groups is 2. The highest BCUT2D eigenvalue weighted by atomic mass is 79.9. The molecule has 0 fully saturated rings. The number of carbonyl (C=O) groups excluding carboxylic acids is 1. The molecule has 0 unspecified atom stereocenters. The van der Waals surface area contributed by atoms with Gasteiger partial charge in [0.1, 0.15) is 5.75 Å². The van der Waals surface area contributed by atoms with E-state index in [0.717, 1.165) is 10.2 Å². The van der Waals surface area contributed by atoms with Crippen LogP contribution < -0.4 is 10.5 Å². The van der Waals surface area contributed by atoms with Crippen molar-refractivity contribution in [3.05, 3.63) is 70.7 Å². The summed E-state index contributed by atoms with van der Waals surface area (Å²) < 4.78 is 11.3. The lowest BCUT2D eigenvalue weighted by Crippen LogP contribution is -2.09. The Labute approximate surface area is 166 Å². The Balaban J connectivity index is 0.000000377. The SMILES string of the molecule is C=C(C)C(=O)OCCCOc1ccc(C(=O)O)cc1.Nc1ccc(Br)cc1. The summed E-state index contributed by atoms with van der Waals surface area (Å²) in [6.45, 7) is 5.70. The fourth-order valence-corrected chi connectivity index (χ4v) is 1.96. The van der Waals surface area contributed by atoms with Gasteiger partial charge in [0.25, 0.3) is 0 Å². The molecule has 0 saturated heterocycles. The van der Waals surface area contributed by atoms with Gasteiger partial charge in [-0.05, 0) is 55.5 Å². The quantitative estimate of drug-likeness (QED) is 0.291. The van der Waals surface area contributed by atoms with E-state index in [-0.39, 0.29) is 12.2 Å². The average Bonchev–Trinajstić information content (AvgIpc) is 2.64. The maximum atomic E-state index is 11.1. The lowest BCUT2D eigenvalue weighted by atomic mass is 10.2. The molecule has 144 valence electrons. The van der Waals surface area contributed by atoms with Crippen molar-refractivity contribution in [3.63, 3.8) is 0 Å². The molecule has 3 N–H and O–H groups in total. The van der Waals surface area contributed by atoms with Crippen LogP contribution in [0.1, 0.15) is 23.7 Å². The topological polar surface area (TPSA) is 98.8 Å². The van der Waals surface area contributed by atoms with Crippen LogP contribution >= 0.6 is 15.9 Å². The number of hydrogen-bond acceptors (Lipinski definition) is 5. The second-order valence-corrected chi connectivity index (χ2v) is 6.42. The minimum Gasteiger partial charge on any atom is -0.493 e. The van der Waals surface area contributed by atoms with E-state index in [1.54, 1.807) is 19.1 Å². The van der Waals surface area contributed by atoms with E-state index in [2.05, 4.69) is 22.5 Å². The molecular weight excluding hydrogens is 414 g/mol. The maximum Gasteiger partial charge on any atom is 0.335 e. The van der Waals surface area contributed by atoms with Crippen LogP contribution in [0.15, 0.2) is 65.2 Å². The van der Waals surface area contributed by atoms with Crippen molar-refractivity contribution in [2.24, 2.45) is 0 Å². The maximum absolute atomic E-state index is 11.1. The highest BCUT2D eigenvalue weighted by Gasteiger charge is 2.03. The van der Waals surface area contributed by atoms with Gasteiger partial charge in [0, 0.05) is 22.2 Å². The van der Waals surface area contributed by atoms with Crippen LogP contribution in [0.4, 0.5) is 5.69 Å². The molecule has 2 rings (SSSR count). The van der Waals surface area contributed by atoms with Gasteiger partial charge < -0.3 is 20.3 Å². The zero-order chi connectivity index (χ0) is 20.2. The minimum absolute atomic E-state index is 0.211. The first-order valence-corrected chi connectivity index (χ1v) is 8.88. The number of esters is 1. The van der Waals surface area contributed by atoms with Crippen molar-refractivity contribution in [3.8, 4) is 5.75 Å². The number of nitrogens with two attached hydrogens (primary N) is 1. The van der Waals surface area contributed by atoms with Gasteiger partial charge in [-0.25, -0.2) is 9.59 Å². The highest BCUT2D eigenvalue weighted by molar-refractivity contribution is 9.10. The summed E-state index contributed by atoms with van der Waals surface area (Å²) in [5, 5.41) is 8.72. The Morgan fingerprint density at radius 3 is 2.15 bits per heavy atom. The van der Waals surface area contributed by atoms with Gasteiger partial charge in [-0.15, -0.1) is 0 Å². The summed E-state index contributed by atoms with van der Waals surface area (Å²) in [6.07, 6.45) is 0.555. The number of aromatic carboxylic acids is 1. The number of rotatable bonds is 7. The molecular formula is C20H22BrNO5. The summed E-state index contributed by atoms with van der Waals surface area (Å²) in [5.41, 5.74) is 6.78. The number of nitrogen functional groups attached to an aromatic ring is 1. The molecule has 0 radical (unpaired) electrons. The van der Waals surface area contributed by atoms with Crippen LogP contribution in [-0.2, 0) is 9.53 Å². The van der Waals surface area contributed by atoms with E-state index in [0.29, 0.717) is 24.4 Å². The zero-order valence-electron chi connectivity index (χ0n) is 15.0. The molecule has 2 aromatic carbocycles. The molecule has 0 aliphatic rings. The second kappa shape index (κ2) is 11.7. The number of anilines is 1. The minimum atomic E-state index is -0.974. The van der Waals surface area contributed by atoms with E-state index in [1.807, 2.05) is 24.3 Å². The molecule has 0 spiro atoms. The van der Waals surface area contributed by atoms with Crippen molar-refractivity contribution in [2.75, 3.05) is 18.9 Å². The van der Waals surface area contributed by atoms with Gasteiger partial charge in [-0.1, -0.05) is 22.5 Å². The third-order valence-corrected chi connectivity index (χ3v) is 3.64. The number of carboxylic acid groups (broad SMARTS) is 1. The normalized spacial score (nSPS) is 9.56. The van der Waals surface area contributed by atoms with Crippen molar-refractivity contribution < 1.29 is 24.2 Å². The number of benzene rings is 2. The van der Waals surface area contributed by atoms with Crippen LogP contribution in [0.25, 0.3) is 0 Å². The van der Waals surface area contributed by atoms with E-state index in [1.165, 1.54) is 12.1 Å². The zero-order valence-corrected chi connectivity index (χ0v) is 16.6. The van der Waals surface area contributed by atoms with Gasteiger partial charge in [0.15, 0.2) is 0 Å². The van der Waals surface area contributed by atoms with Crippen LogP contribution in [0, 0.1) is 0 Å². The molecule has 0 aliphatic heterocycles. The van der Waals surface area contributed by atoms with Crippen molar-refractivity contribution >= 4 is 33.6 Å². The lowest BCUT2D eigenvalue weighted by Gasteiger charge is -2.07. The van der Waals surface area contributed by atoms with Crippen molar-refractivity contribution in [1.29, 1.82) is 0 Å². The number of halogens is 1. The molecule has 0 aromatic heterocycles. The average molecular weight is 436 g/mol. The van der Waals surface area contributed by atoms with Crippen LogP contribution in [-0.4, -0.2) is 30.3 Å². The van der Waals surface area contributed by atoms with E-state index < -0.39 is 11.9 Å². The Morgan fingerprint density at radius 2 is 1.67 bits per heavy atom. The number of hydrogen-bond donors (Lipinski definition) is 2. The predicted molar refractivity (Wildman–Crippen MR) is 108 cm³/mol. The van der Waals surface area contributed by atoms with E-state index in [9.17, 15) is 9.59 Å². The van der Waals surface area contributed by atoms with Crippen molar-refractivity contribution in [1.82, 2.24) is 0 Å². The Hall–Kier alpha value is -2.80. The van der Waals surface area contributed by atoms with Crippen LogP contribution in [0.2, 0.25) is 0 Å². The predicted octanol–water partition coefficient (Wildman–Crippen LogP) is 4.30. The Bertz CT molecular complexity index is 736. The first-order chi connectivity index (χ1) is 12.8. The first-order valence-electron chi connectivity index (χ1n) is 8.09. The van der Waals surface area contributed by atoms with Gasteiger partial charge >= 0.3 is 11.9 Å². The molecule has 6 nitrogen and oxygen atoms in total. The summed E-state index contributed by atoms with van der Waals surface area (Å²) in [6, 6.07) is 13.6. The molecule has 2 aromatic rings. The number of carboxylic acids is 1. The molecule has 7 heteroatoms. The smallest absolute Gasteiger partial charge is 0.335 e. The molecule has 0 bridgehead atoms. The Kier molecular flexibility index (Phi) is 9.68. The molecule has 0 atom stereocenters. The van der Waals surface area contributed by atoms with Gasteiger partial charge in [0.2, 0.25) is 0 Å². The summed E-state index contributed by atoms with van der Waals surface area (Å²) in [4.78, 5) is 21.7. The monoisotopic (exact) mass is 435 g/mol. The third-order valence-electron chi connectivity index (χ3n) is 3.11. The standard InChI is InChI=1S/C14H16O5.C6H6BrN/c1-10(2)14(17)19-9-3-8-18-12-6-4-11(5-7-12)13(15)16;7-5-1-3-6(8)4-2-5/h4-7H,1,3,8-9H2,2H3,(H,15,16);1-4H,8H2. The Morgan fingerprint density at radius 1 is 1.07 bits per heavy atom. The van der Waals surface area contributed by atoms with E-state index >= 15 is 0 Å². The van der Waals surface area contributed by atoms with E-state index in [4.69, 9.17) is 20.3 Å². The summed E-state index contributed by atoms with van der Waals surface area (Å²) >= 11 is 3.29. The largest absolute Gasteiger partial charge is 0.493 e. The number of ether oxygens (including phenoxy) is 2. The van der Waals surface area contributed by atoms with Crippen molar-refractivity contribution in [2.45, 2.75) is 13.3 Å².